The lowest BCUT2D eigenvalue weighted by molar-refractivity contribution is 0.0749. The molecular weight excluding hydrogens is 234 g/mol. The summed E-state index contributed by atoms with van der Waals surface area (Å²) in [6.07, 6.45) is 9.09. The van der Waals surface area contributed by atoms with Crippen LogP contribution in [0, 0.1) is 5.92 Å². The van der Waals surface area contributed by atoms with Crippen molar-refractivity contribution in [2.45, 2.75) is 44.7 Å². The van der Waals surface area contributed by atoms with E-state index in [-0.39, 0.29) is 0 Å². The molecule has 1 aliphatic rings. The monoisotopic (exact) mass is 261 g/mol. The van der Waals surface area contributed by atoms with Gasteiger partial charge in [0.25, 0.3) is 0 Å². The van der Waals surface area contributed by atoms with Gasteiger partial charge in [-0.1, -0.05) is 19.8 Å². The number of hydrogen-bond donors (Lipinski definition) is 1. The summed E-state index contributed by atoms with van der Waals surface area (Å²) in [6, 6.07) is 4.16. The predicted octanol–water partition coefficient (Wildman–Crippen LogP) is 2.68. The maximum atomic E-state index is 4.06. The highest BCUT2D eigenvalue weighted by Gasteiger charge is 2.36. The molecule has 0 aliphatic heterocycles. The van der Waals surface area contributed by atoms with E-state index in [4.69, 9.17) is 0 Å². The molecule has 1 N–H and O–H groups in total. The van der Waals surface area contributed by atoms with E-state index in [2.05, 4.69) is 48.4 Å². The molecule has 1 saturated carbocycles. The molecule has 0 spiro atoms. The summed E-state index contributed by atoms with van der Waals surface area (Å²) < 4.78 is 0. The highest BCUT2D eigenvalue weighted by Crippen LogP contribution is 2.35. The van der Waals surface area contributed by atoms with E-state index in [1.807, 2.05) is 12.4 Å². The molecule has 3 nitrogen and oxygen atoms in total. The molecule has 1 aromatic heterocycles. The maximum Gasteiger partial charge on any atom is 0.0330 e. The zero-order chi connectivity index (χ0) is 13.7. The Morgan fingerprint density at radius 2 is 2.11 bits per heavy atom. The Morgan fingerprint density at radius 1 is 1.37 bits per heavy atom. The first-order chi connectivity index (χ1) is 9.12. The van der Waals surface area contributed by atoms with E-state index < -0.39 is 0 Å². The Kier molecular flexibility index (Phi) is 4.94. The summed E-state index contributed by atoms with van der Waals surface area (Å²) in [5, 5.41) is 3.64. The van der Waals surface area contributed by atoms with Crippen molar-refractivity contribution >= 4 is 0 Å². The van der Waals surface area contributed by atoms with Gasteiger partial charge in [0.05, 0.1) is 0 Å². The molecule has 2 rings (SSSR count). The summed E-state index contributed by atoms with van der Waals surface area (Å²) in [7, 11) is 4.46. The smallest absolute Gasteiger partial charge is 0.0330 e. The van der Waals surface area contributed by atoms with Gasteiger partial charge in [-0.05, 0) is 50.6 Å². The van der Waals surface area contributed by atoms with Gasteiger partial charge >= 0.3 is 0 Å². The van der Waals surface area contributed by atoms with E-state index >= 15 is 0 Å². The van der Waals surface area contributed by atoms with Gasteiger partial charge in [0.15, 0.2) is 0 Å². The third-order valence-electron chi connectivity index (χ3n) is 4.55. The molecule has 1 aromatic rings. The topological polar surface area (TPSA) is 28.2 Å². The van der Waals surface area contributed by atoms with Crippen LogP contribution in [-0.2, 0) is 6.54 Å². The Morgan fingerprint density at radius 3 is 2.74 bits per heavy atom. The lowest BCUT2D eigenvalue weighted by Crippen LogP contribution is -2.54. The number of nitrogens with zero attached hydrogens (tertiary/aromatic N) is 2. The molecule has 0 aromatic carbocycles. The minimum atomic E-state index is 0.338. The second kappa shape index (κ2) is 6.49. The number of likely N-dealkylation sites (N-methyl/N-ethyl adjacent to an activating group) is 1. The summed E-state index contributed by atoms with van der Waals surface area (Å²) >= 11 is 0. The molecule has 3 heteroatoms. The van der Waals surface area contributed by atoms with Gasteiger partial charge in [-0.2, -0.15) is 0 Å². The third-order valence-corrected chi connectivity index (χ3v) is 4.55. The van der Waals surface area contributed by atoms with Crippen LogP contribution in [0.5, 0.6) is 0 Å². The SMILES string of the molecule is C[C@H]1CCC[C@](CNCc2ccncc2)(N(C)C)C1. The molecule has 0 radical (unpaired) electrons. The maximum absolute atomic E-state index is 4.06. The highest BCUT2D eigenvalue weighted by molar-refractivity contribution is 5.09. The van der Waals surface area contributed by atoms with Crippen molar-refractivity contribution in [2.24, 2.45) is 5.92 Å². The zero-order valence-electron chi connectivity index (χ0n) is 12.5. The van der Waals surface area contributed by atoms with Crippen LogP contribution in [0.15, 0.2) is 24.5 Å². The van der Waals surface area contributed by atoms with Crippen LogP contribution in [0.1, 0.15) is 38.2 Å². The third kappa shape index (κ3) is 3.77. The number of rotatable bonds is 5. The zero-order valence-corrected chi connectivity index (χ0v) is 12.5. The molecule has 0 saturated heterocycles. The van der Waals surface area contributed by atoms with Crippen molar-refractivity contribution in [2.75, 3.05) is 20.6 Å². The average Bonchev–Trinajstić information content (AvgIpc) is 2.40. The quantitative estimate of drug-likeness (QED) is 0.883. The fraction of sp³-hybridized carbons (Fsp3) is 0.688. The van der Waals surface area contributed by atoms with Crippen molar-refractivity contribution in [3.8, 4) is 0 Å². The minimum absolute atomic E-state index is 0.338. The van der Waals surface area contributed by atoms with Crippen molar-refractivity contribution in [3.63, 3.8) is 0 Å². The lowest BCUT2D eigenvalue weighted by atomic mass is 9.75. The van der Waals surface area contributed by atoms with Crippen LogP contribution in [0.25, 0.3) is 0 Å². The van der Waals surface area contributed by atoms with Crippen LogP contribution in [0.2, 0.25) is 0 Å². The Hall–Kier alpha value is -0.930. The van der Waals surface area contributed by atoms with Crippen LogP contribution in [0.4, 0.5) is 0 Å². The van der Waals surface area contributed by atoms with Crippen molar-refractivity contribution in [1.82, 2.24) is 15.2 Å². The predicted molar refractivity (Wildman–Crippen MR) is 80.0 cm³/mol. The molecule has 19 heavy (non-hydrogen) atoms. The Labute approximate surface area is 117 Å². The van der Waals surface area contributed by atoms with E-state index in [0.717, 1.165) is 19.0 Å². The first-order valence-electron chi connectivity index (χ1n) is 7.39. The van der Waals surface area contributed by atoms with Gasteiger partial charge in [-0.25, -0.2) is 0 Å². The molecule has 2 atom stereocenters. The van der Waals surface area contributed by atoms with Gasteiger partial charge < -0.3 is 10.2 Å². The highest BCUT2D eigenvalue weighted by atomic mass is 15.2. The second-order valence-corrected chi connectivity index (χ2v) is 6.28. The van der Waals surface area contributed by atoms with Gasteiger partial charge in [0, 0.05) is 31.0 Å². The first-order valence-corrected chi connectivity index (χ1v) is 7.39. The minimum Gasteiger partial charge on any atom is -0.311 e. The van der Waals surface area contributed by atoms with Crippen LogP contribution in [0.3, 0.4) is 0 Å². The molecule has 0 amide bonds. The standard InChI is InChI=1S/C16H27N3/c1-14-5-4-8-16(11-14,19(2)3)13-18-12-15-6-9-17-10-7-15/h6-7,9-10,14,18H,4-5,8,11-13H2,1-3H3/t14-,16-/m0/s1. The van der Waals surface area contributed by atoms with Crippen molar-refractivity contribution in [3.05, 3.63) is 30.1 Å². The number of aromatic nitrogens is 1. The van der Waals surface area contributed by atoms with Gasteiger partial charge in [-0.3, -0.25) is 4.98 Å². The largest absolute Gasteiger partial charge is 0.311 e. The fourth-order valence-corrected chi connectivity index (χ4v) is 3.30. The summed E-state index contributed by atoms with van der Waals surface area (Å²) in [5.74, 6) is 0.846. The van der Waals surface area contributed by atoms with Crippen molar-refractivity contribution in [1.29, 1.82) is 0 Å². The molecule has 1 fully saturated rings. The Balaban J connectivity index is 1.90. The van der Waals surface area contributed by atoms with E-state index in [1.165, 1.54) is 31.2 Å². The first kappa shape index (κ1) is 14.5. The molecule has 106 valence electrons. The summed E-state index contributed by atoms with van der Waals surface area (Å²) in [5.41, 5.74) is 1.65. The van der Waals surface area contributed by atoms with E-state index in [0.29, 0.717) is 5.54 Å². The van der Waals surface area contributed by atoms with Crippen LogP contribution in [-0.4, -0.2) is 36.1 Å². The lowest BCUT2D eigenvalue weighted by Gasteiger charge is -2.45. The molecule has 1 aliphatic carbocycles. The second-order valence-electron chi connectivity index (χ2n) is 6.28. The normalized spacial score (nSPS) is 27.7. The van der Waals surface area contributed by atoms with Crippen molar-refractivity contribution < 1.29 is 0 Å². The number of pyridine rings is 1. The average molecular weight is 261 g/mol. The van der Waals surface area contributed by atoms with Gasteiger partial charge in [-0.15, -0.1) is 0 Å². The summed E-state index contributed by atoms with van der Waals surface area (Å²) in [4.78, 5) is 6.49. The molecular formula is C16H27N3. The van der Waals surface area contributed by atoms with Gasteiger partial charge in [0.2, 0.25) is 0 Å². The molecule has 0 bridgehead atoms. The van der Waals surface area contributed by atoms with Gasteiger partial charge in [0.1, 0.15) is 0 Å². The summed E-state index contributed by atoms with van der Waals surface area (Å²) in [6.45, 7) is 4.40. The number of nitrogens with one attached hydrogen (secondary N) is 1. The van der Waals surface area contributed by atoms with Crippen LogP contribution >= 0.6 is 0 Å². The molecule has 0 unspecified atom stereocenters. The molecule has 1 heterocycles. The fourth-order valence-electron chi connectivity index (χ4n) is 3.30. The van der Waals surface area contributed by atoms with E-state index in [1.54, 1.807) is 0 Å². The Bertz CT molecular complexity index is 377. The number of hydrogen-bond acceptors (Lipinski definition) is 3. The van der Waals surface area contributed by atoms with Crippen LogP contribution < -0.4 is 5.32 Å². The van der Waals surface area contributed by atoms with E-state index in [9.17, 15) is 0 Å².